The van der Waals surface area contributed by atoms with E-state index in [2.05, 4.69) is 5.32 Å². The van der Waals surface area contributed by atoms with E-state index in [1.165, 1.54) is 14.2 Å². The summed E-state index contributed by atoms with van der Waals surface area (Å²) in [5.74, 6) is -2.50. The Morgan fingerprint density at radius 1 is 1.18 bits per heavy atom. The number of halogens is 2. The molecule has 1 heterocycles. The van der Waals surface area contributed by atoms with E-state index in [0.717, 1.165) is 0 Å². The minimum absolute atomic E-state index is 0.0207. The molecule has 1 unspecified atom stereocenters. The van der Waals surface area contributed by atoms with Crippen molar-refractivity contribution in [1.29, 1.82) is 0 Å². The Morgan fingerprint density at radius 3 is 2.46 bits per heavy atom. The van der Waals surface area contributed by atoms with Crippen LogP contribution in [0.15, 0.2) is 46.8 Å². The number of methoxy groups -OCH3 is 2. The average molecular weight is 430 g/mol. The number of alkyl halides is 1. The Bertz CT molecular complexity index is 805. The number of ether oxygens (including phenoxy) is 3. The van der Waals surface area contributed by atoms with Gasteiger partial charge in [-0.2, -0.15) is 0 Å². The van der Waals surface area contributed by atoms with Crippen LogP contribution in [0.5, 0.6) is 0 Å². The molecule has 0 fully saturated rings. The predicted molar refractivity (Wildman–Crippen MR) is 104 cm³/mol. The second kappa shape index (κ2) is 10.5. The normalized spacial score (nSPS) is 16.8. The lowest BCUT2D eigenvalue weighted by Crippen LogP contribution is -2.36. The fraction of sp³-hybridized carbons (Fsp3) is 0.368. The molecule has 0 spiro atoms. The van der Waals surface area contributed by atoms with E-state index >= 15 is 0 Å². The van der Waals surface area contributed by atoms with E-state index < -0.39 is 17.9 Å². The summed E-state index contributed by atoms with van der Waals surface area (Å²) in [6.45, 7) is 0.273. The summed E-state index contributed by atoms with van der Waals surface area (Å²) in [5.41, 5.74) is 1.36. The van der Waals surface area contributed by atoms with Gasteiger partial charge in [0.1, 0.15) is 0 Å². The molecule has 152 valence electrons. The number of benzene rings is 1. The third kappa shape index (κ3) is 5.05. The minimum atomic E-state index is -1.19. The minimum Gasteiger partial charge on any atom is -0.478 e. The molecule has 7 nitrogen and oxygen atoms in total. The number of carboxylic acid groups (broad SMARTS) is 1. The maximum Gasteiger partial charge on any atom is 0.336 e. The SMILES string of the molecule is COCC1=C(C(=O)OC)C(c2cccc(Cl)c2)C(C(=O)O)=C(COCCCl)N1. The smallest absolute Gasteiger partial charge is 0.336 e. The van der Waals surface area contributed by atoms with E-state index in [1.807, 2.05) is 0 Å². The Hall–Kier alpha value is -2.06. The van der Waals surface area contributed by atoms with E-state index in [1.54, 1.807) is 24.3 Å². The summed E-state index contributed by atoms with van der Waals surface area (Å²) < 4.78 is 15.6. The van der Waals surface area contributed by atoms with Gasteiger partial charge in [0.05, 0.1) is 55.4 Å². The van der Waals surface area contributed by atoms with E-state index in [0.29, 0.717) is 22.0 Å². The van der Waals surface area contributed by atoms with Crippen molar-refractivity contribution in [3.05, 3.63) is 57.4 Å². The van der Waals surface area contributed by atoms with Crippen molar-refractivity contribution in [2.24, 2.45) is 0 Å². The second-order valence-corrected chi connectivity index (χ2v) is 6.68. The maximum atomic E-state index is 12.6. The van der Waals surface area contributed by atoms with Crippen molar-refractivity contribution >= 4 is 35.1 Å². The van der Waals surface area contributed by atoms with Gasteiger partial charge in [0.2, 0.25) is 0 Å². The van der Waals surface area contributed by atoms with Crippen LogP contribution in [0.1, 0.15) is 11.5 Å². The monoisotopic (exact) mass is 429 g/mol. The van der Waals surface area contributed by atoms with Crippen molar-refractivity contribution in [1.82, 2.24) is 5.32 Å². The van der Waals surface area contributed by atoms with Crippen molar-refractivity contribution < 1.29 is 28.9 Å². The van der Waals surface area contributed by atoms with Gasteiger partial charge in [0.25, 0.3) is 0 Å². The number of hydrogen-bond donors (Lipinski definition) is 2. The van der Waals surface area contributed by atoms with Crippen LogP contribution in [0.25, 0.3) is 0 Å². The largest absolute Gasteiger partial charge is 0.478 e. The molecular formula is C19H21Cl2NO6. The van der Waals surface area contributed by atoms with Crippen LogP contribution in [-0.4, -0.2) is 57.0 Å². The molecule has 9 heteroatoms. The van der Waals surface area contributed by atoms with Crippen molar-refractivity contribution in [3.63, 3.8) is 0 Å². The number of aliphatic carboxylic acids is 1. The summed E-state index contributed by atoms with van der Waals surface area (Å²) >= 11 is 11.8. The lowest BCUT2D eigenvalue weighted by molar-refractivity contribution is -0.136. The summed E-state index contributed by atoms with van der Waals surface area (Å²) in [6, 6.07) is 6.67. The van der Waals surface area contributed by atoms with Gasteiger partial charge in [0.15, 0.2) is 0 Å². The molecule has 0 saturated carbocycles. The van der Waals surface area contributed by atoms with Crippen LogP contribution >= 0.6 is 23.2 Å². The number of carbonyl (C=O) groups excluding carboxylic acids is 1. The first kappa shape index (κ1) is 22.2. The second-order valence-electron chi connectivity index (χ2n) is 5.87. The van der Waals surface area contributed by atoms with Gasteiger partial charge >= 0.3 is 11.9 Å². The summed E-state index contributed by atoms with van der Waals surface area (Å²) in [4.78, 5) is 24.8. The van der Waals surface area contributed by atoms with Crippen LogP contribution < -0.4 is 5.32 Å². The molecule has 2 rings (SSSR count). The Morgan fingerprint density at radius 2 is 1.89 bits per heavy atom. The van der Waals surface area contributed by atoms with E-state index in [4.69, 9.17) is 37.4 Å². The standard InChI is InChI=1S/C19H21Cl2NO6/c1-26-9-13-17(19(25)27-2)15(11-4-3-5-12(21)8-11)16(18(23)24)14(22-13)10-28-7-6-20/h3-5,8,15,22H,6-7,9-10H2,1-2H3,(H,23,24). The molecule has 0 aromatic heterocycles. The predicted octanol–water partition coefficient (Wildman–Crippen LogP) is 2.69. The van der Waals surface area contributed by atoms with Crippen LogP contribution in [-0.2, 0) is 23.8 Å². The summed E-state index contributed by atoms with van der Waals surface area (Å²) in [5, 5.41) is 13.3. The molecule has 1 aromatic carbocycles. The average Bonchev–Trinajstić information content (AvgIpc) is 2.67. The summed E-state index contributed by atoms with van der Waals surface area (Å²) in [6.07, 6.45) is 0. The Kier molecular flexibility index (Phi) is 8.32. The number of rotatable bonds is 9. The van der Waals surface area contributed by atoms with Crippen molar-refractivity contribution in [2.75, 3.05) is 39.9 Å². The number of esters is 1. The molecule has 2 N–H and O–H groups in total. The van der Waals surface area contributed by atoms with Crippen LogP contribution in [0.4, 0.5) is 0 Å². The van der Waals surface area contributed by atoms with Gasteiger partial charge < -0.3 is 24.6 Å². The third-order valence-corrected chi connectivity index (χ3v) is 4.49. The van der Waals surface area contributed by atoms with Crippen molar-refractivity contribution in [3.8, 4) is 0 Å². The Balaban J connectivity index is 2.68. The number of dihydropyridines is 1. The highest BCUT2D eigenvalue weighted by Gasteiger charge is 2.39. The highest BCUT2D eigenvalue weighted by Crippen LogP contribution is 2.39. The highest BCUT2D eigenvalue weighted by atomic mass is 35.5. The van der Waals surface area contributed by atoms with Gasteiger partial charge in [-0.3, -0.25) is 0 Å². The van der Waals surface area contributed by atoms with Gasteiger partial charge in [-0.15, -0.1) is 11.6 Å². The molecule has 28 heavy (non-hydrogen) atoms. The summed E-state index contributed by atoms with van der Waals surface area (Å²) in [7, 11) is 2.70. The lowest BCUT2D eigenvalue weighted by Gasteiger charge is -2.31. The van der Waals surface area contributed by atoms with Crippen LogP contribution in [0.3, 0.4) is 0 Å². The Labute approximate surface area is 172 Å². The number of nitrogens with one attached hydrogen (secondary N) is 1. The zero-order valence-corrected chi connectivity index (χ0v) is 17.0. The first-order valence-electron chi connectivity index (χ1n) is 8.37. The van der Waals surface area contributed by atoms with Gasteiger partial charge in [0, 0.05) is 18.0 Å². The molecule has 1 aromatic rings. The topological polar surface area (TPSA) is 94.1 Å². The fourth-order valence-corrected chi connectivity index (χ4v) is 3.34. The quantitative estimate of drug-likeness (QED) is 0.354. The maximum absolute atomic E-state index is 12.6. The molecule has 0 radical (unpaired) electrons. The molecule has 1 aliphatic rings. The molecular weight excluding hydrogens is 409 g/mol. The molecule has 1 atom stereocenters. The highest BCUT2D eigenvalue weighted by molar-refractivity contribution is 6.30. The first-order chi connectivity index (χ1) is 13.4. The number of carboxylic acids is 1. The zero-order valence-electron chi connectivity index (χ0n) is 15.5. The number of hydrogen-bond acceptors (Lipinski definition) is 6. The molecule has 1 aliphatic heterocycles. The van der Waals surface area contributed by atoms with E-state index in [9.17, 15) is 14.7 Å². The molecule has 0 bridgehead atoms. The number of carbonyl (C=O) groups is 2. The van der Waals surface area contributed by atoms with Gasteiger partial charge in [-0.05, 0) is 17.7 Å². The van der Waals surface area contributed by atoms with Crippen molar-refractivity contribution in [2.45, 2.75) is 5.92 Å². The van der Waals surface area contributed by atoms with Crippen LogP contribution in [0, 0.1) is 0 Å². The van der Waals surface area contributed by atoms with Crippen LogP contribution in [0.2, 0.25) is 5.02 Å². The molecule has 0 amide bonds. The molecule has 0 aliphatic carbocycles. The first-order valence-corrected chi connectivity index (χ1v) is 9.28. The van der Waals surface area contributed by atoms with Gasteiger partial charge in [-0.25, -0.2) is 9.59 Å². The fourth-order valence-electron chi connectivity index (χ4n) is 3.03. The van der Waals surface area contributed by atoms with E-state index in [-0.39, 0.29) is 36.8 Å². The third-order valence-electron chi connectivity index (χ3n) is 4.10. The zero-order chi connectivity index (χ0) is 20.7. The van der Waals surface area contributed by atoms with Gasteiger partial charge in [-0.1, -0.05) is 23.7 Å². The molecule has 0 saturated heterocycles. The lowest BCUT2D eigenvalue weighted by atomic mass is 9.80.